The quantitative estimate of drug-likeness (QED) is 0.824. The van der Waals surface area contributed by atoms with Gasteiger partial charge in [0.25, 0.3) is 5.56 Å². The lowest BCUT2D eigenvalue weighted by atomic mass is 10.0. The van der Waals surface area contributed by atoms with Gasteiger partial charge in [-0.3, -0.25) is 9.59 Å². The fraction of sp³-hybridized carbons (Fsp3) is 0.316. The van der Waals surface area contributed by atoms with Crippen molar-refractivity contribution in [3.8, 4) is 11.1 Å². The lowest BCUT2D eigenvalue weighted by Gasteiger charge is -2.20. The second-order valence-corrected chi connectivity index (χ2v) is 7.36. The predicted octanol–water partition coefficient (Wildman–Crippen LogP) is 3.52. The van der Waals surface area contributed by atoms with Crippen LogP contribution in [0, 0.1) is 6.92 Å². The molecule has 1 heterocycles. The monoisotopic (exact) mass is 377 g/mol. The van der Waals surface area contributed by atoms with E-state index in [-0.39, 0.29) is 6.54 Å². The molecule has 0 unspecified atom stereocenters. The lowest BCUT2D eigenvalue weighted by molar-refractivity contribution is -0.155. The van der Waals surface area contributed by atoms with Crippen molar-refractivity contribution in [2.24, 2.45) is 0 Å². The molecule has 138 valence electrons. The number of aromatic nitrogens is 1. The van der Waals surface area contributed by atoms with Crippen molar-refractivity contribution in [1.29, 1.82) is 0 Å². The van der Waals surface area contributed by atoms with E-state index in [2.05, 4.69) is 0 Å². The minimum atomic E-state index is -1.37. The number of pyridine rings is 1. The van der Waals surface area contributed by atoms with E-state index in [4.69, 9.17) is 16.3 Å². The fourth-order valence-electron chi connectivity index (χ4n) is 2.47. The van der Waals surface area contributed by atoms with Crippen LogP contribution in [-0.2, 0) is 16.1 Å². The number of benzene rings is 1. The van der Waals surface area contributed by atoms with Gasteiger partial charge in [-0.25, -0.2) is 4.79 Å². The van der Waals surface area contributed by atoms with Gasteiger partial charge in [-0.2, -0.15) is 0 Å². The molecular weight excluding hydrogens is 358 g/mol. The molecule has 0 aliphatic carbocycles. The van der Waals surface area contributed by atoms with Gasteiger partial charge in [0.2, 0.25) is 0 Å². The molecule has 0 aliphatic heterocycles. The summed E-state index contributed by atoms with van der Waals surface area (Å²) < 4.78 is 6.27. The number of carboxylic acid groups (broad SMARTS) is 1. The smallest absolute Gasteiger partial charge is 0.341 e. The minimum absolute atomic E-state index is 0.385. The Balaban J connectivity index is 2.57. The molecule has 0 fully saturated rings. The highest BCUT2D eigenvalue weighted by atomic mass is 35.5. The van der Waals surface area contributed by atoms with E-state index in [0.717, 1.165) is 10.1 Å². The number of halogens is 1. The lowest BCUT2D eigenvalue weighted by Crippen LogP contribution is -2.32. The van der Waals surface area contributed by atoms with E-state index in [1.165, 1.54) is 12.3 Å². The highest BCUT2D eigenvalue weighted by Gasteiger charge is 2.20. The molecule has 7 heteroatoms. The van der Waals surface area contributed by atoms with Gasteiger partial charge in [-0.05, 0) is 62.6 Å². The van der Waals surface area contributed by atoms with Gasteiger partial charge < -0.3 is 14.4 Å². The van der Waals surface area contributed by atoms with Crippen LogP contribution in [0.3, 0.4) is 0 Å². The maximum absolute atomic E-state index is 12.4. The summed E-state index contributed by atoms with van der Waals surface area (Å²) >= 11 is 6.04. The Kier molecular flexibility index (Phi) is 5.56. The second kappa shape index (κ2) is 7.33. The van der Waals surface area contributed by atoms with Crippen LogP contribution in [-0.4, -0.2) is 27.2 Å². The topological polar surface area (TPSA) is 85.6 Å². The second-order valence-electron chi connectivity index (χ2n) is 6.93. The Morgan fingerprint density at radius 2 is 1.88 bits per heavy atom. The van der Waals surface area contributed by atoms with Crippen LogP contribution in [0.5, 0.6) is 0 Å². The number of carbonyl (C=O) groups is 2. The van der Waals surface area contributed by atoms with Gasteiger partial charge in [0.05, 0.1) is 0 Å². The third kappa shape index (κ3) is 4.73. The Bertz CT molecular complexity index is 925. The van der Waals surface area contributed by atoms with Crippen molar-refractivity contribution < 1.29 is 19.4 Å². The molecule has 0 spiro atoms. The number of ether oxygens (including phenoxy) is 1. The van der Waals surface area contributed by atoms with Crippen molar-refractivity contribution >= 4 is 23.5 Å². The van der Waals surface area contributed by atoms with E-state index in [9.17, 15) is 19.5 Å². The Morgan fingerprint density at radius 3 is 2.46 bits per heavy atom. The van der Waals surface area contributed by atoms with Gasteiger partial charge in [0.15, 0.2) is 0 Å². The molecule has 2 aromatic rings. The first-order valence-corrected chi connectivity index (χ1v) is 8.32. The SMILES string of the molecule is Cc1ccc(Cl)cc1-c1cc(C(=O)O)c(=O)n(CC(=O)OC(C)(C)C)c1. The molecular formula is C19H20ClNO5. The van der Waals surface area contributed by atoms with E-state index >= 15 is 0 Å². The van der Waals surface area contributed by atoms with Gasteiger partial charge in [0.1, 0.15) is 17.7 Å². The summed E-state index contributed by atoms with van der Waals surface area (Å²) in [5, 5.41) is 9.83. The summed E-state index contributed by atoms with van der Waals surface area (Å²) in [5.74, 6) is -2.00. The average Bonchev–Trinajstić information content (AvgIpc) is 2.49. The van der Waals surface area contributed by atoms with Gasteiger partial charge in [0, 0.05) is 11.2 Å². The zero-order chi connectivity index (χ0) is 19.6. The molecule has 0 amide bonds. The van der Waals surface area contributed by atoms with Crippen molar-refractivity contribution in [3.05, 3.63) is 57.0 Å². The number of hydrogen-bond acceptors (Lipinski definition) is 4. The highest BCUT2D eigenvalue weighted by molar-refractivity contribution is 6.30. The number of aromatic carboxylic acids is 1. The van der Waals surface area contributed by atoms with Crippen LogP contribution >= 0.6 is 11.6 Å². The molecule has 0 bridgehead atoms. The molecule has 2 rings (SSSR count). The zero-order valence-corrected chi connectivity index (χ0v) is 15.8. The molecule has 6 nitrogen and oxygen atoms in total. The van der Waals surface area contributed by atoms with Crippen LogP contribution in [0.2, 0.25) is 5.02 Å². The Labute approximate surface area is 156 Å². The predicted molar refractivity (Wildman–Crippen MR) is 98.7 cm³/mol. The van der Waals surface area contributed by atoms with E-state index in [1.807, 2.05) is 6.92 Å². The number of esters is 1. The molecule has 26 heavy (non-hydrogen) atoms. The van der Waals surface area contributed by atoms with Gasteiger partial charge in [-0.1, -0.05) is 17.7 Å². The minimum Gasteiger partial charge on any atom is -0.477 e. The summed E-state index contributed by atoms with van der Waals surface area (Å²) in [5.41, 5.74) is 0.103. The Morgan fingerprint density at radius 1 is 1.23 bits per heavy atom. The number of carbonyl (C=O) groups excluding carboxylic acids is 1. The maximum Gasteiger partial charge on any atom is 0.341 e. The van der Waals surface area contributed by atoms with E-state index < -0.39 is 28.7 Å². The van der Waals surface area contributed by atoms with Crippen molar-refractivity contribution in [1.82, 2.24) is 4.57 Å². The largest absolute Gasteiger partial charge is 0.477 e. The van der Waals surface area contributed by atoms with Crippen molar-refractivity contribution in [3.63, 3.8) is 0 Å². The molecule has 1 aromatic carbocycles. The number of rotatable bonds is 4. The number of hydrogen-bond donors (Lipinski definition) is 1. The summed E-state index contributed by atoms with van der Waals surface area (Å²) in [4.78, 5) is 35.9. The van der Waals surface area contributed by atoms with Crippen LogP contribution < -0.4 is 5.56 Å². The molecule has 0 radical (unpaired) electrons. The maximum atomic E-state index is 12.4. The molecule has 1 N–H and O–H groups in total. The van der Waals surface area contributed by atoms with E-state index in [0.29, 0.717) is 16.1 Å². The van der Waals surface area contributed by atoms with Crippen LogP contribution in [0.4, 0.5) is 0 Å². The Hall–Kier alpha value is -2.60. The van der Waals surface area contributed by atoms with Gasteiger partial charge in [-0.15, -0.1) is 0 Å². The van der Waals surface area contributed by atoms with Crippen LogP contribution in [0.1, 0.15) is 36.7 Å². The molecule has 0 saturated carbocycles. The first kappa shape index (κ1) is 19.7. The third-order valence-electron chi connectivity index (χ3n) is 3.55. The zero-order valence-electron chi connectivity index (χ0n) is 15.0. The third-order valence-corrected chi connectivity index (χ3v) is 3.78. The molecule has 1 aromatic heterocycles. The average molecular weight is 378 g/mol. The molecule has 0 saturated heterocycles. The first-order valence-electron chi connectivity index (χ1n) is 7.94. The van der Waals surface area contributed by atoms with Crippen molar-refractivity contribution in [2.45, 2.75) is 39.8 Å². The summed E-state index contributed by atoms with van der Waals surface area (Å²) in [7, 11) is 0. The summed E-state index contributed by atoms with van der Waals surface area (Å²) in [6, 6.07) is 6.48. The highest BCUT2D eigenvalue weighted by Crippen LogP contribution is 2.26. The van der Waals surface area contributed by atoms with Crippen LogP contribution in [0.25, 0.3) is 11.1 Å². The van der Waals surface area contributed by atoms with Crippen molar-refractivity contribution in [2.75, 3.05) is 0 Å². The first-order chi connectivity index (χ1) is 12.0. The normalized spacial score (nSPS) is 11.3. The summed E-state index contributed by atoms with van der Waals surface area (Å²) in [6.07, 6.45) is 1.44. The number of nitrogens with zero attached hydrogens (tertiary/aromatic N) is 1. The van der Waals surface area contributed by atoms with Crippen LogP contribution in [0.15, 0.2) is 35.3 Å². The number of aryl methyl sites for hydroxylation is 1. The van der Waals surface area contributed by atoms with Gasteiger partial charge >= 0.3 is 11.9 Å². The van der Waals surface area contributed by atoms with E-state index in [1.54, 1.807) is 39.0 Å². The standard InChI is InChI=1S/C19H20ClNO5/c1-11-5-6-13(20)8-14(11)12-7-15(18(24)25)17(23)21(9-12)10-16(22)26-19(2,3)4/h5-9H,10H2,1-4H3,(H,24,25). The summed E-state index contributed by atoms with van der Waals surface area (Å²) in [6.45, 7) is 6.59. The number of carboxylic acids is 1. The molecule has 0 atom stereocenters. The molecule has 0 aliphatic rings. The fourth-order valence-corrected chi connectivity index (χ4v) is 2.64.